The highest BCUT2D eigenvalue weighted by molar-refractivity contribution is 7.89. The van der Waals surface area contributed by atoms with Crippen molar-refractivity contribution in [1.29, 1.82) is 0 Å². The molecule has 0 radical (unpaired) electrons. The first kappa shape index (κ1) is 13.8. The summed E-state index contributed by atoms with van der Waals surface area (Å²) in [5.74, 6) is 0.210. The summed E-state index contributed by atoms with van der Waals surface area (Å²) in [6.45, 7) is 0.381. The second-order valence-corrected chi connectivity index (χ2v) is 7.05. The lowest BCUT2D eigenvalue weighted by molar-refractivity contribution is 0.0367. The zero-order valence-electron chi connectivity index (χ0n) is 10.2. The Morgan fingerprint density at radius 3 is 2.67 bits per heavy atom. The first-order chi connectivity index (χ1) is 8.32. The van der Waals surface area contributed by atoms with E-state index in [1.54, 1.807) is 7.05 Å². The van der Waals surface area contributed by atoms with Gasteiger partial charge in [-0.15, -0.1) is 0 Å². The number of halogens is 1. The van der Waals surface area contributed by atoms with Crippen LogP contribution < -0.4 is 0 Å². The fraction of sp³-hybridized carbons (Fsp3) is 0.700. The van der Waals surface area contributed by atoms with Gasteiger partial charge in [-0.3, -0.25) is 0 Å². The normalized spacial score (nSPS) is 24.3. The maximum atomic E-state index is 12.2. The van der Waals surface area contributed by atoms with E-state index in [9.17, 15) is 13.5 Å². The molecule has 1 aromatic heterocycles. The van der Waals surface area contributed by atoms with Gasteiger partial charge in [-0.1, -0.05) is 11.6 Å². The van der Waals surface area contributed by atoms with E-state index in [-0.39, 0.29) is 22.2 Å². The van der Waals surface area contributed by atoms with E-state index in [4.69, 9.17) is 11.6 Å². The lowest BCUT2D eigenvalue weighted by atomic mass is 9.82. The Morgan fingerprint density at radius 1 is 1.61 bits per heavy atom. The monoisotopic (exact) mass is 293 g/mol. The molecule has 1 saturated carbocycles. The molecule has 102 valence electrons. The number of rotatable bonds is 4. The number of hydrogen-bond acceptors (Lipinski definition) is 4. The van der Waals surface area contributed by atoms with Gasteiger partial charge >= 0.3 is 0 Å². The lowest BCUT2D eigenvalue weighted by Gasteiger charge is -2.33. The summed E-state index contributed by atoms with van der Waals surface area (Å²) in [6, 6.07) is 0. The first-order valence-corrected chi connectivity index (χ1v) is 7.45. The summed E-state index contributed by atoms with van der Waals surface area (Å²) in [5.41, 5.74) is 0. The smallest absolute Gasteiger partial charge is 0.263 e. The second kappa shape index (κ2) is 4.80. The van der Waals surface area contributed by atoms with Crippen LogP contribution in [0.3, 0.4) is 0 Å². The zero-order chi connectivity index (χ0) is 13.5. The minimum absolute atomic E-state index is 0.107. The summed E-state index contributed by atoms with van der Waals surface area (Å²) in [5, 5.41) is 9.18. The molecule has 0 amide bonds. The maximum Gasteiger partial charge on any atom is 0.263 e. The predicted molar refractivity (Wildman–Crippen MR) is 66.8 cm³/mol. The van der Waals surface area contributed by atoms with Gasteiger partial charge in [0.15, 0.2) is 0 Å². The van der Waals surface area contributed by atoms with Crippen molar-refractivity contribution >= 4 is 21.6 Å². The summed E-state index contributed by atoms with van der Waals surface area (Å²) in [6.07, 6.45) is 2.38. The highest BCUT2D eigenvalue weighted by Crippen LogP contribution is 2.30. The van der Waals surface area contributed by atoms with E-state index in [0.29, 0.717) is 19.4 Å². The molecule has 1 aliphatic carbocycles. The van der Waals surface area contributed by atoms with Gasteiger partial charge in [0.2, 0.25) is 5.03 Å². The van der Waals surface area contributed by atoms with Crippen molar-refractivity contribution < 1.29 is 13.5 Å². The number of aromatic nitrogens is 2. The predicted octanol–water partition coefficient (Wildman–Crippen LogP) is 0.465. The molecule has 6 nitrogen and oxygen atoms in total. The fourth-order valence-corrected chi connectivity index (χ4v) is 3.65. The van der Waals surface area contributed by atoms with E-state index < -0.39 is 10.0 Å². The molecule has 2 rings (SSSR count). The Bertz CT molecular complexity index is 537. The Labute approximate surface area is 111 Å². The standard InChI is InChI=1S/C10H16ClN3O3S/c1-13-6-12-10(9(13)11)18(16,17)14(2)5-7-3-8(15)4-7/h6-8,15H,3-5H2,1-2H3. The van der Waals surface area contributed by atoms with Gasteiger partial charge < -0.3 is 9.67 Å². The van der Waals surface area contributed by atoms with E-state index >= 15 is 0 Å². The molecule has 0 aromatic carbocycles. The van der Waals surface area contributed by atoms with Crippen LogP contribution in [0.5, 0.6) is 0 Å². The highest BCUT2D eigenvalue weighted by atomic mass is 35.5. The van der Waals surface area contributed by atoms with Gasteiger partial charge in [0, 0.05) is 20.6 Å². The molecular weight excluding hydrogens is 278 g/mol. The zero-order valence-corrected chi connectivity index (χ0v) is 11.8. The van der Waals surface area contributed by atoms with Gasteiger partial charge in [0.25, 0.3) is 10.0 Å². The summed E-state index contributed by atoms with van der Waals surface area (Å²) in [4.78, 5) is 3.83. The maximum absolute atomic E-state index is 12.2. The Hall–Kier alpha value is -0.630. The fourth-order valence-electron chi connectivity index (χ4n) is 2.03. The largest absolute Gasteiger partial charge is 0.393 e. The van der Waals surface area contributed by atoms with Crippen LogP contribution in [0.15, 0.2) is 11.4 Å². The third kappa shape index (κ3) is 2.40. The topological polar surface area (TPSA) is 75.4 Å². The Kier molecular flexibility index (Phi) is 3.68. The van der Waals surface area contributed by atoms with E-state index in [2.05, 4.69) is 4.98 Å². The molecule has 0 unspecified atom stereocenters. The van der Waals surface area contributed by atoms with Crippen LogP contribution in [0.4, 0.5) is 0 Å². The summed E-state index contributed by atoms with van der Waals surface area (Å²) >= 11 is 5.90. The molecule has 0 aliphatic heterocycles. The summed E-state index contributed by atoms with van der Waals surface area (Å²) < 4.78 is 27.2. The number of imidazole rings is 1. The van der Waals surface area contributed by atoms with Gasteiger partial charge in [-0.25, -0.2) is 13.4 Å². The minimum Gasteiger partial charge on any atom is -0.393 e. The van der Waals surface area contributed by atoms with Crippen LogP contribution in [-0.2, 0) is 17.1 Å². The number of aliphatic hydroxyl groups is 1. The first-order valence-electron chi connectivity index (χ1n) is 5.63. The molecule has 0 bridgehead atoms. The third-order valence-electron chi connectivity index (χ3n) is 3.22. The van der Waals surface area contributed by atoms with E-state index in [0.717, 1.165) is 0 Å². The molecule has 1 aliphatic rings. The van der Waals surface area contributed by atoms with E-state index in [1.807, 2.05) is 0 Å². The van der Waals surface area contributed by atoms with Crippen LogP contribution in [0, 0.1) is 5.92 Å². The van der Waals surface area contributed by atoms with Gasteiger partial charge in [-0.2, -0.15) is 4.31 Å². The van der Waals surface area contributed by atoms with Crippen LogP contribution in [-0.4, -0.2) is 47.1 Å². The van der Waals surface area contributed by atoms with E-state index in [1.165, 1.54) is 22.2 Å². The molecule has 0 spiro atoms. The molecular formula is C10H16ClN3O3S. The number of aryl methyl sites for hydroxylation is 1. The van der Waals surface area contributed by atoms with Crippen LogP contribution in [0.2, 0.25) is 5.15 Å². The molecule has 1 aromatic rings. The minimum atomic E-state index is -3.65. The number of hydrogen-bond donors (Lipinski definition) is 1. The highest BCUT2D eigenvalue weighted by Gasteiger charge is 2.33. The van der Waals surface area contributed by atoms with Gasteiger partial charge in [-0.05, 0) is 18.8 Å². The van der Waals surface area contributed by atoms with Crippen molar-refractivity contribution in [2.75, 3.05) is 13.6 Å². The number of aliphatic hydroxyl groups excluding tert-OH is 1. The number of nitrogens with zero attached hydrogens (tertiary/aromatic N) is 3. The summed E-state index contributed by atoms with van der Waals surface area (Å²) in [7, 11) is -0.509. The van der Waals surface area contributed by atoms with Crippen molar-refractivity contribution in [2.24, 2.45) is 13.0 Å². The van der Waals surface area contributed by atoms with Gasteiger partial charge in [0.05, 0.1) is 12.4 Å². The molecule has 8 heteroatoms. The van der Waals surface area contributed by atoms with Crippen LogP contribution in [0.25, 0.3) is 0 Å². The van der Waals surface area contributed by atoms with Crippen molar-refractivity contribution in [3.8, 4) is 0 Å². The van der Waals surface area contributed by atoms with Crippen molar-refractivity contribution in [3.05, 3.63) is 11.5 Å². The third-order valence-corrected chi connectivity index (χ3v) is 5.53. The van der Waals surface area contributed by atoms with Crippen molar-refractivity contribution in [2.45, 2.75) is 24.0 Å². The molecule has 1 heterocycles. The SMILES string of the molecule is CN(CC1CC(O)C1)S(=O)(=O)c1ncn(C)c1Cl. The molecule has 18 heavy (non-hydrogen) atoms. The van der Waals surface area contributed by atoms with Gasteiger partial charge in [0.1, 0.15) is 5.15 Å². The van der Waals surface area contributed by atoms with Crippen molar-refractivity contribution in [1.82, 2.24) is 13.9 Å². The number of sulfonamides is 1. The molecule has 1 fully saturated rings. The molecule has 1 N–H and O–H groups in total. The Morgan fingerprint density at radius 2 is 2.22 bits per heavy atom. The average Bonchev–Trinajstić information content (AvgIpc) is 2.57. The average molecular weight is 294 g/mol. The Balaban J connectivity index is 2.13. The quantitative estimate of drug-likeness (QED) is 0.875. The van der Waals surface area contributed by atoms with Crippen LogP contribution in [0.1, 0.15) is 12.8 Å². The lowest BCUT2D eigenvalue weighted by Crippen LogP contribution is -2.39. The van der Waals surface area contributed by atoms with Crippen molar-refractivity contribution in [3.63, 3.8) is 0 Å². The molecule has 0 atom stereocenters. The second-order valence-electron chi connectivity index (χ2n) is 4.73. The molecule has 0 saturated heterocycles. The van der Waals surface area contributed by atoms with Crippen LogP contribution >= 0.6 is 11.6 Å².